The normalized spacial score (nSPS) is 13.6. The van der Waals surface area contributed by atoms with Crippen molar-refractivity contribution in [1.29, 1.82) is 0 Å². The van der Waals surface area contributed by atoms with E-state index in [0.29, 0.717) is 40.7 Å². The van der Waals surface area contributed by atoms with E-state index >= 15 is 0 Å². The molecule has 2 rings (SSSR count). The average Bonchev–Trinajstić information content (AvgIpc) is 3.20. The van der Waals surface area contributed by atoms with E-state index in [1.165, 1.54) is 44.9 Å². The molecule has 0 aliphatic carbocycles. The largest absolute Gasteiger partial charge is 0.756 e. The highest BCUT2D eigenvalue weighted by Crippen LogP contribution is 2.38. The van der Waals surface area contributed by atoms with Crippen LogP contribution in [0.4, 0.5) is 5.69 Å². The fraction of sp³-hybridized carbons (Fsp3) is 0.739. The second kappa shape index (κ2) is 30.5. The number of anilines is 1. The molecule has 0 aliphatic heterocycles. The van der Waals surface area contributed by atoms with Gasteiger partial charge in [-0.2, -0.15) is 0 Å². The van der Waals surface area contributed by atoms with Gasteiger partial charge in [-0.25, -0.2) is 13.1 Å². The second-order valence-corrected chi connectivity index (χ2v) is 20.7. The van der Waals surface area contributed by atoms with Crippen molar-refractivity contribution in [1.82, 2.24) is 4.72 Å². The Kier molecular flexibility index (Phi) is 27.3. The van der Waals surface area contributed by atoms with Crippen LogP contribution in [0.5, 0.6) is 0 Å². The number of rotatable bonds is 37. The monoisotopic (exact) mass is 898 g/mol. The summed E-state index contributed by atoms with van der Waals surface area (Å²) in [5.41, 5.74) is 0.970. The lowest BCUT2D eigenvalue weighted by Gasteiger charge is -2.28. The molecule has 0 saturated carbocycles. The molecular formula is C46H80N3O10PS. The van der Waals surface area contributed by atoms with Crippen LogP contribution in [0, 0.1) is 0 Å². The van der Waals surface area contributed by atoms with Crippen LogP contribution >= 0.6 is 7.82 Å². The zero-order valence-corrected chi connectivity index (χ0v) is 40.2. The number of unbranched alkanes of at least 4 members (excludes halogenated alkanes) is 18. The number of ether oxygens (including phenoxy) is 2. The Morgan fingerprint density at radius 2 is 1.21 bits per heavy atom. The summed E-state index contributed by atoms with van der Waals surface area (Å²) in [6.45, 7) is 2.20. The second-order valence-electron chi connectivity index (χ2n) is 17.5. The zero-order valence-electron chi connectivity index (χ0n) is 38.5. The molecule has 0 radical (unpaired) electrons. The SMILES string of the molecule is CCCCCCCCCCCCCC(=O)OC[C@H](COP(=O)([O-])OCC[N+](C)(C)C)OC(=O)CCCCCCCCCCCNS(=O)(=O)c1cccc2c(N(C)C)cccc12. The smallest absolute Gasteiger partial charge is 0.306 e. The molecule has 0 fully saturated rings. The molecule has 2 atom stereocenters. The summed E-state index contributed by atoms with van der Waals surface area (Å²) in [6, 6.07) is 11.1. The van der Waals surface area contributed by atoms with Gasteiger partial charge in [0.05, 0.1) is 32.6 Å². The van der Waals surface area contributed by atoms with Crippen molar-refractivity contribution >= 4 is 46.2 Å². The van der Waals surface area contributed by atoms with E-state index < -0.39 is 42.5 Å². The zero-order chi connectivity index (χ0) is 45.0. The van der Waals surface area contributed by atoms with Crippen LogP contribution in [0.1, 0.15) is 148 Å². The molecule has 0 bridgehead atoms. The Balaban J connectivity index is 1.65. The number of nitrogens with one attached hydrogen (secondary N) is 1. The molecule has 0 amide bonds. The Morgan fingerprint density at radius 1 is 0.705 bits per heavy atom. The molecule has 1 unspecified atom stereocenters. The highest BCUT2D eigenvalue weighted by Gasteiger charge is 2.22. The maximum absolute atomic E-state index is 13.1. The summed E-state index contributed by atoms with van der Waals surface area (Å²) in [4.78, 5) is 39.9. The van der Waals surface area contributed by atoms with Crippen LogP contribution in [0.2, 0.25) is 0 Å². The van der Waals surface area contributed by atoms with Gasteiger partial charge in [0.25, 0.3) is 7.82 Å². The van der Waals surface area contributed by atoms with Crippen LogP contribution < -0.4 is 14.5 Å². The van der Waals surface area contributed by atoms with Crippen molar-refractivity contribution in [2.75, 3.05) is 73.0 Å². The van der Waals surface area contributed by atoms with Gasteiger partial charge in [0.2, 0.25) is 10.0 Å². The van der Waals surface area contributed by atoms with E-state index in [-0.39, 0.29) is 26.1 Å². The van der Waals surface area contributed by atoms with Gasteiger partial charge >= 0.3 is 11.9 Å². The van der Waals surface area contributed by atoms with Gasteiger partial charge in [-0.1, -0.05) is 140 Å². The van der Waals surface area contributed by atoms with Gasteiger partial charge in [0, 0.05) is 49.9 Å². The maximum atomic E-state index is 13.1. The topological polar surface area (TPSA) is 161 Å². The number of esters is 2. The first-order valence-electron chi connectivity index (χ1n) is 23.0. The highest BCUT2D eigenvalue weighted by molar-refractivity contribution is 7.89. The van der Waals surface area contributed by atoms with Gasteiger partial charge in [-0.05, 0) is 31.4 Å². The predicted molar refractivity (Wildman–Crippen MR) is 244 cm³/mol. The minimum absolute atomic E-state index is 0.0574. The number of benzene rings is 2. The number of carbonyl (C=O) groups is 2. The Bertz CT molecular complexity index is 1690. The average molecular weight is 898 g/mol. The molecule has 0 aromatic heterocycles. The molecule has 2 aromatic carbocycles. The third kappa shape index (κ3) is 25.3. The van der Waals surface area contributed by atoms with Crippen molar-refractivity contribution in [3.05, 3.63) is 36.4 Å². The summed E-state index contributed by atoms with van der Waals surface area (Å²) in [6.07, 6.45) is 20.4. The van der Waals surface area contributed by atoms with E-state index in [0.717, 1.165) is 81.7 Å². The Labute approximate surface area is 368 Å². The molecule has 2 aromatic rings. The van der Waals surface area contributed by atoms with E-state index in [2.05, 4.69) is 11.6 Å². The minimum Gasteiger partial charge on any atom is -0.756 e. The molecule has 0 heterocycles. The summed E-state index contributed by atoms with van der Waals surface area (Å²) in [5.74, 6) is -0.919. The lowest BCUT2D eigenvalue weighted by Crippen LogP contribution is -2.37. The van der Waals surface area contributed by atoms with Gasteiger partial charge in [0.15, 0.2) is 6.10 Å². The molecule has 13 nitrogen and oxygen atoms in total. The van der Waals surface area contributed by atoms with E-state index in [1.54, 1.807) is 12.1 Å². The van der Waals surface area contributed by atoms with Gasteiger partial charge in [-0.3, -0.25) is 14.2 Å². The van der Waals surface area contributed by atoms with Crippen molar-refractivity contribution in [3.63, 3.8) is 0 Å². The van der Waals surface area contributed by atoms with Crippen LogP contribution in [0.3, 0.4) is 0 Å². The van der Waals surface area contributed by atoms with Gasteiger partial charge < -0.3 is 32.8 Å². The Morgan fingerprint density at radius 3 is 1.77 bits per heavy atom. The first-order chi connectivity index (χ1) is 29.0. The summed E-state index contributed by atoms with van der Waals surface area (Å²) in [5, 5.41) is 1.61. The maximum Gasteiger partial charge on any atom is 0.306 e. The molecule has 61 heavy (non-hydrogen) atoms. The predicted octanol–water partition coefficient (Wildman–Crippen LogP) is 9.45. The number of phosphoric acid groups is 1. The van der Waals surface area contributed by atoms with E-state index in [4.69, 9.17) is 18.5 Å². The quantitative estimate of drug-likeness (QED) is 0.0298. The number of sulfonamides is 1. The van der Waals surface area contributed by atoms with Gasteiger partial charge in [0.1, 0.15) is 19.8 Å². The molecule has 350 valence electrons. The summed E-state index contributed by atoms with van der Waals surface area (Å²) in [7, 11) is 1.32. The molecule has 1 N–H and O–H groups in total. The number of hydrogen-bond donors (Lipinski definition) is 1. The van der Waals surface area contributed by atoms with Crippen LogP contribution in [0.15, 0.2) is 41.3 Å². The molecule has 0 saturated heterocycles. The third-order valence-corrected chi connectivity index (χ3v) is 13.1. The van der Waals surface area contributed by atoms with Crippen LogP contribution in [-0.4, -0.2) is 99.1 Å². The van der Waals surface area contributed by atoms with Crippen molar-refractivity contribution in [2.45, 2.75) is 159 Å². The van der Waals surface area contributed by atoms with Crippen molar-refractivity contribution in [3.8, 4) is 0 Å². The van der Waals surface area contributed by atoms with Crippen molar-refractivity contribution in [2.24, 2.45) is 0 Å². The fourth-order valence-electron chi connectivity index (χ4n) is 7.00. The number of hydrogen-bond acceptors (Lipinski definition) is 11. The standard InChI is InChI=1S/C46H80N3O10PS/c1-7-8-9-10-11-12-13-15-18-21-24-33-45(50)56-38-40(39-58-60(52,53)57-37-36-49(4,5)6)59-46(51)34-25-22-19-16-14-17-20-23-26-35-47-61(54,55)44-32-28-29-41-42(44)30-27-31-43(41)48(2)3/h27-32,40,47H,7-26,33-39H2,1-6H3/t40-/m1/s1. The molecule has 0 spiro atoms. The number of nitrogens with zero attached hydrogens (tertiary/aromatic N) is 2. The van der Waals surface area contributed by atoms with E-state index in [9.17, 15) is 27.5 Å². The number of phosphoric ester groups is 1. The minimum atomic E-state index is -4.66. The van der Waals surface area contributed by atoms with E-state index in [1.807, 2.05) is 64.4 Å². The molecule has 15 heteroatoms. The fourth-order valence-corrected chi connectivity index (χ4v) is 9.02. The third-order valence-electron chi connectivity index (χ3n) is 10.6. The summed E-state index contributed by atoms with van der Waals surface area (Å²) < 4.78 is 63.0. The number of fused-ring (bicyclic) bond motifs is 1. The first-order valence-corrected chi connectivity index (χ1v) is 25.9. The number of quaternary nitrogens is 1. The summed E-state index contributed by atoms with van der Waals surface area (Å²) >= 11 is 0. The van der Waals surface area contributed by atoms with Crippen LogP contribution in [0.25, 0.3) is 10.8 Å². The Hall–Kier alpha value is -2.58. The number of likely N-dealkylation sites (N-methyl/N-ethyl adjacent to an activating group) is 1. The first kappa shape index (κ1) is 54.6. The lowest BCUT2D eigenvalue weighted by atomic mass is 10.1. The lowest BCUT2D eigenvalue weighted by molar-refractivity contribution is -0.870. The van der Waals surface area contributed by atoms with Gasteiger partial charge in [-0.15, -0.1) is 0 Å². The molecule has 0 aliphatic rings. The number of carbonyl (C=O) groups excluding carboxylic acids is 2. The van der Waals surface area contributed by atoms with Crippen LogP contribution in [-0.2, 0) is 42.7 Å². The highest BCUT2D eigenvalue weighted by atomic mass is 32.2. The van der Waals surface area contributed by atoms with Crippen molar-refractivity contribution < 1.29 is 50.5 Å². The molecular weight excluding hydrogens is 818 g/mol.